The number of nitrogens with zero attached hydrogens (tertiary/aromatic N) is 2. The molecule has 3 aromatic rings. The molecule has 1 aromatic heterocycles. The zero-order valence-corrected chi connectivity index (χ0v) is 10.9. The van der Waals surface area contributed by atoms with Gasteiger partial charge in [0.2, 0.25) is 0 Å². The fraction of sp³-hybridized carbons (Fsp3) is 0.0588. The first kappa shape index (κ1) is 12.2. The van der Waals surface area contributed by atoms with Gasteiger partial charge < -0.3 is 4.57 Å². The molecular formula is C17H11N2O. The smallest absolute Gasteiger partial charge is 0.250 e. The van der Waals surface area contributed by atoms with Crippen molar-refractivity contribution in [3.8, 4) is 17.2 Å². The Labute approximate surface area is 116 Å². The zero-order chi connectivity index (χ0) is 14.1. The van der Waals surface area contributed by atoms with E-state index in [0.29, 0.717) is 5.56 Å². The van der Waals surface area contributed by atoms with Crippen molar-refractivity contribution in [1.82, 2.24) is 4.57 Å². The summed E-state index contributed by atoms with van der Waals surface area (Å²) in [4.78, 5) is 11.7. The molecular weight excluding hydrogens is 248 g/mol. The fourth-order valence-electron chi connectivity index (χ4n) is 2.22. The number of hydrogen-bond donors (Lipinski definition) is 0. The van der Waals surface area contributed by atoms with Gasteiger partial charge in [0.15, 0.2) is 0 Å². The van der Waals surface area contributed by atoms with Crippen LogP contribution in [-0.2, 0) is 7.05 Å². The minimum atomic E-state index is -0.0268. The Bertz CT molecular complexity index is 883. The molecule has 0 saturated carbocycles. The summed E-state index contributed by atoms with van der Waals surface area (Å²) in [6.07, 6.45) is 0. The van der Waals surface area contributed by atoms with Gasteiger partial charge in [0.1, 0.15) is 0 Å². The molecule has 0 saturated heterocycles. The molecule has 0 amide bonds. The van der Waals surface area contributed by atoms with Crippen LogP contribution < -0.4 is 5.56 Å². The van der Waals surface area contributed by atoms with E-state index in [-0.39, 0.29) is 5.56 Å². The second kappa shape index (κ2) is 4.67. The van der Waals surface area contributed by atoms with Crippen LogP contribution >= 0.6 is 0 Å². The third-order valence-electron chi connectivity index (χ3n) is 3.39. The molecule has 3 heteroatoms. The highest BCUT2D eigenvalue weighted by Crippen LogP contribution is 2.23. The van der Waals surface area contributed by atoms with E-state index in [4.69, 9.17) is 5.26 Å². The Morgan fingerprint density at radius 2 is 1.85 bits per heavy atom. The molecule has 0 bridgehead atoms. The first-order chi connectivity index (χ1) is 9.69. The molecule has 0 N–H and O–H groups in total. The zero-order valence-electron chi connectivity index (χ0n) is 10.9. The van der Waals surface area contributed by atoms with Crippen LogP contribution in [0.5, 0.6) is 0 Å². The summed E-state index contributed by atoms with van der Waals surface area (Å²) >= 11 is 0. The number of aryl methyl sites for hydroxylation is 1. The van der Waals surface area contributed by atoms with Crippen LogP contribution in [0.2, 0.25) is 0 Å². The molecule has 0 spiro atoms. The molecule has 0 fully saturated rings. The van der Waals surface area contributed by atoms with Gasteiger partial charge in [0.05, 0.1) is 17.1 Å². The summed E-state index contributed by atoms with van der Waals surface area (Å²) in [7, 11) is 1.76. The van der Waals surface area contributed by atoms with Crippen LogP contribution in [0.4, 0.5) is 0 Å². The van der Waals surface area contributed by atoms with Crippen LogP contribution in [-0.4, -0.2) is 4.57 Å². The molecule has 1 radical (unpaired) electrons. The van der Waals surface area contributed by atoms with Gasteiger partial charge in [0.25, 0.3) is 5.56 Å². The van der Waals surface area contributed by atoms with Crippen molar-refractivity contribution in [2.24, 2.45) is 7.05 Å². The monoisotopic (exact) mass is 259 g/mol. The Kier molecular flexibility index (Phi) is 2.85. The van der Waals surface area contributed by atoms with Gasteiger partial charge in [0, 0.05) is 19.2 Å². The van der Waals surface area contributed by atoms with Crippen LogP contribution in [0.3, 0.4) is 0 Å². The summed E-state index contributed by atoms with van der Waals surface area (Å²) in [5.41, 5.74) is 3.35. The first-order valence-corrected chi connectivity index (χ1v) is 6.21. The normalized spacial score (nSPS) is 10.4. The van der Waals surface area contributed by atoms with E-state index >= 15 is 0 Å². The van der Waals surface area contributed by atoms with Crippen LogP contribution in [0.25, 0.3) is 22.0 Å². The lowest BCUT2D eigenvalue weighted by Gasteiger charge is -2.07. The summed E-state index contributed by atoms with van der Waals surface area (Å²) in [6, 6.07) is 19.8. The molecule has 0 atom stereocenters. The number of hydrogen-bond acceptors (Lipinski definition) is 2. The summed E-state index contributed by atoms with van der Waals surface area (Å²) in [5.74, 6) is 0. The molecule has 2 aromatic carbocycles. The third kappa shape index (κ3) is 1.98. The SMILES string of the molecule is Cn1c(=O)ccc2ccc(-c3c[c]c(C#N)cc3)cc21. The molecule has 3 nitrogen and oxygen atoms in total. The Balaban J connectivity index is 2.19. The van der Waals surface area contributed by atoms with Gasteiger partial charge >= 0.3 is 0 Å². The second-order valence-corrected chi connectivity index (χ2v) is 4.61. The lowest BCUT2D eigenvalue weighted by molar-refractivity contribution is 0.906. The van der Waals surface area contributed by atoms with E-state index in [1.54, 1.807) is 29.8 Å². The highest BCUT2D eigenvalue weighted by Gasteiger charge is 2.03. The van der Waals surface area contributed by atoms with Crippen molar-refractivity contribution < 1.29 is 0 Å². The minimum absolute atomic E-state index is 0.0268. The van der Waals surface area contributed by atoms with E-state index in [9.17, 15) is 4.79 Å². The third-order valence-corrected chi connectivity index (χ3v) is 3.39. The van der Waals surface area contributed by atoms with E-state index in [0.717, 1.165) is 22.0 Å². The number of aromatic nitrogens is 1. The highest BCUT2D eigenvalue weighted by molar-refractivity contribution is 5.84. The lowest BCUT2D eigenvalue weighted by atomic mass is 10.0. The van der Waals surface area contributed by atoms with Crippen LogP contribution in [0, 0.1) is 17.4 Å². The molecule has 20 heavy (non-hydrogen) atoms. The van der Waals surface area contributed by atoms with Gasteiger partial charge in [-0.3, -0.25) is 4.79 Å². The predicted molar refractivity (Wildman–Crippen MR) is 78.2 cm³/mol. The van der Waals surface area contributed by atoms with Gasteiger partial charge in [-0.15, -0.1) is 0 Å². The Morgan fingerprint density at radius 1 is 1.10 bits per heavy atom. The van der Waals surface area contributed by atoms with E-state index in [2.05, 4.69) is 12.1 Å². The number of benzene rings is 2. The van der Waals surface area contributed by atoms with Crippen LogP contribution in [0.15, 0.2) is 53.3 Å². The minimum Gasteiger partial charge on any atom is -0.311 e. The van der Waals surface area contributed by atoms with Crippen molar-refractivity contribution in [2.45, 2.75) is 0 Å². The van der Waals surface area contributed by atoms with Gasteiger partial charge in [-0.25, -0.2) is 0 Å². The average molecular weight is 259 g/mol. The number of nitriles is 1. The molecule has 0 aliphatic heterocycles. The van der Waals surface area contributed by atoms with E-state index in [1.165, 1.54) is 0 Å². The van der Waals surface area contributed by atoms with Crippen LogP contribution in [0.1, 0.15) is 5.56 Å². The molecule has 0 aliphatic carbocycles. The van der Waals surface area contributed by atoms with Crippen molar-refractivity contribution in [1.29, 1.82) is 5.26 Å². The topological polar surface area (TPSA) is 45.8 Å². The average Bonchev–Trinajstić information content (AvgIpc) is 2.51. The number of rotatable bonds is 1. The van der Waals surface area contributed by atoms with Gasteiger partial charge in [-0.05, 0) is 40.8 Å². The molecule has 3 rings (SSSR count). The maximum atomic E-state index is 11.7. The largest absolute Gasteiger partial charge is 0.311 e. The maximum absolute atomic E-state index is 11.7. The number of fused-ring (bicyclic) bond motifs is 1. The molecule has 1 heterocycles. The number of pyridine rings is 1. The molecule has 0 aliphatic rings. The molecule has 0 unspecified atom stereocenters. The van der Waals surface area contributed by atoms with Crippen molar-refractivity contribution in [3.05, 3.63) is 70.5 Å². The van der Waals surface area contributed by atoms with Crippen molar-refractivity contribution in [2.75, 3.05) is 0 Å². The standard InChI is InChI=1S/C17H11N2O/c1-19-16-10-15(7-6-14(16)8-9-17(19)20)13-4-2-12(11-18)3-5-13/h2,4-10H,1H3. The van der Waals surface area contributed by atoms with Crippen molar-refractivity contribution >= 4 is 10.9 Å². The summed E-state index contributed by atoms with van der Waals surface area (Å²) < 4.78 is 1.63. The summed E-state index contributed by atoms with van der Waals surface area (Å²) in [5, 5.41) is 9.81. The second-order valence-electron chi connectivity index (χ2n) is 4.61. The maximum Gasteiger partial charge on any atom is 0.250 e. The van der Waals surface area contributed by atoms with Crippen molar-refractivity contribution in [3.63, 3.8) is 0 Å². The van der Waals surface area contributed by atoms with E-state index in [1.807, 2.05) is 30.3 Å². The Hall–Kier alpha value is -2.86. The fourth-order valence-corrected chi connectivity index (χ4v) is 2.22. The molecule has 95 valence electrons. The quantitative estimate of drug-likeness (QED) is 0.674. The first-order valence-electron chi connectivity index (χ1n) is 6.21. The lowest BCUT2D eigenvalue weighted by Crippen LogP contribution is -2.14. The van der Waals surface area contributed by atoms with Gasteiger partial charge in [-0.2, -0.15) is 5.26 Å². The van der Waals surface area contributed by atoms with Gasteiger partial charge in [-0.1, -0.05) is 18.2 Å². The summed E-state index contributed by atoms with van der Waals surface area (Å²) in [6.45, 7) is 0. The highest BCUT2D eigenvalue weighted by atomic mass is 16.1. The van der Waals surface area contributed by atoms with E-state index < -0.39 is 0 Å². The predicted octanol–water partition coefficient (Wildman–Crippen LogP) is 2.88. The Morgan fingerprint density at radius 3 is 2.55 bits per heavy atom.